The van der Waals surface area contributed by atoms with Crippen LogP contribution in [0, 0.1) is 10.1 Å². The first-order valence-corrected chi connectivity index (χ1v) is 3.99. The summed E-state index contributed by atoms with van der Waals surface area (Å²) < 4.78 is 0.740. The van der Waals surface area contributed by atoms with Gasteiger partial charge in [-0.25, -0.2) is 9.97 Å². The summed E-state index contributed by atoms with van der Waals surface area (Å²) in [4.78, 5) is 17.6. The van der Waals surface area contributed by atoms with Crippen LogP contribution in [0.25, 0.3) is 10.3 Å². The highest BCUT2D eigenvalue weighted by molar-refractivity contribution is 7.16. The van der Waals surface area contributed by atoms with Gasteiger partial charge in [0.15, 0.2) is 5.65 Å². The molecule has 0 bridgehead atoms. The number of rotatable bonds is 1. The van der Waals surface area contributed by atoms with Crippen molar-refractivity contribution in [2.75, 3.05) is 0 Å². The van der Waals surface area contributed by atoms with Gasteiger partial charge in [0.1, 0.15) is 6.20 Å². The molecule has 6 heteroatoms. The fourth-order valence-corrected chi connectivity index (χ4v) is 1.51. The quantitative estimate of drug-likeness (QED) is 0.495. The highest BCUT2D eigenvalue weighted by atomic mass is 32.1. The normalized spacial score (nSPS) is 10.3. The second-order valence-electron chi connectivity index (χ2n) is 2.12. The Balaban J connectivity index is 2.68. The lowest BCUT2D eigenvalue weighted by Crippen LogP contribution is -1.88. The van der Waals surface area contributed by atoms with Crippen LogP contribution in [0.4, 0.5) is 5.69 Å². The predicted octanol–water partition coefficient (Wildman–Crippen LogP) is 1.60. The fraction of sp³-hybridized carbons (Fsp3) is 0. The van der Waals surface area contributed by atoms with E-state index < -0.39 is 4.92 Å². The molecule has 0 fully saturated rings. The van der Waals surface area contributed by atoms with Crippen LogP contribution in [0.3, 0.4) is 0 Å². The predicted molar refractivity (Wildman–Crippen MR) is 44.1 cm³/mol. The summed E-state index contributed by atoms with van der Waals surface area (Å²) in [7, 11) is 0. The van der Waals surface area contributed by atoms with E-state index in [4.69, 9.17) is 0 Å². The molecule has 60 valence electrons. The molecule has 0 unspecified atom stereocenters. The van der Waals surface area contributed by atoms with Crippen LogP contribution in [-0.2, 0) is 0 Å². The highest BCUT2D eigenvalue weighted by Gasteiger charge is 2.07. The zero-order valence-corrected chi connectivity index (χ0v) is 6.61. The van der Waals surface area contributed by atoms with Gasteiger partial charge in [0.05, 0.1) is 15.1 Å². The van der Waals surface area contributed by atoms with Gasteiger partial charge in [-0.3, -0.25) is 10.1 Å². The molecule has 0 amide bonds. The van der Waals surface area contributed by atoms with Crippen LogP contribution in [0.5, 0.6) is 0 Å². The number of thiazole rings is 1. The molecule has 0 saturated heterocycles. The summed E-state index contributed by atoms with van der Waals surface area (Å²) >= 11 is 1.34. The average Bonchev–Trinajstić information content (AvgIpc) is 2.49. The zero-order valence-electron chi connectivity index (χ0n) is 5.80. The van der Waals surface area contributed by atoms with Gasteiger partial charge < -0.3 is 0 Å². The first-order valence-electron chi connectivity index (χ1n) is 3.11. The SMILES string of the molecule is O=[N+]([O-])c1cnc2ncsc2c1. The third-order valence-electron chi connectivity index (χ3n) is 1.38. The van der Waals surface area contributed by atoms with E-state index in [9.17, 15) is 10.1 Å². The number of hydrogen-bond donors (Lipinski definition) is 0. The van der Waals surface area contributed by atoms with Crippen LogP contribution in [0.1, 0.15) is 0 Å². The topological polar surface area (TPSA) is 68.9 Å². The Bertz CT molecular complexity index is 439. The molecule has 0 radical (unpaired) electrons. The van der Waals surface area contributed by atoms with Gasteiger partial charge >= 0.3 is 0 Å². The Morgan fingerprint density at radius 2 is 2.33 bits per heavy atom. The molecular formula is C6H3N3O2S. The Hall–Kier alpha value is -1.56. The van der Waals surface area contributed by atoms with E-state index in [2.05, 4.69) is 9.97 Å². The van der Waals surface area contributed by atoms with Gasteiger partial charge in [0.25, 0.3) is 5.69 Å². The fourth-order valence-electron chi connectivity index (χ4n) is 0.844. The third kappa shape index (κ3) is 1.02. The summed E-state index contributed by atoms with van der Waals surface area (Å²) in [6.07, 6.45) is 1.21. The monoisotopic (exact) mass is 181 g/mol. The molecule has 0 atom stereocenters. The van der Waals surface area contributed by atoms with E-state index in [1.54, 1.807) is 5.51 Å². The second-order valence-corrected chi connectivity index (χ2v) is 3.01. The number of nitrogens with zero attached hydrogens (tertiary/aromatic N) is 3. The smallest absolute Gasteiger partial charge is 0.258 e. The van der Waals surface area contributed by atoms with Crippen molar-refractivity contribution in [3.63, 3.8) is 0 Å². The minimum absolute atomic E-state index is 0.00625. The maximum Gasteiger partial charge on any atom is 0.289 e. The van der Waals surface area contributed by atoms with Gasteiger partial charge in [0, 0.05) is 6.07 Å². The van der Waals surface area contributed by atoms with Gasteiger partial charge in [-0.15, -0.1) is 11.3 Å². The molecule has 2 rings (SSSR count). The van der Waals surface area contributed by atoms with Gasteiger partial charge in [-0.1, -0.05) is 0 Å². The van der Waals surface area contributed by atoms with Crippen molar-refractivity contribution in [2.45, 2.75) is 0 Å². The van der Waals surface area contributed by atoms with Crippen molar-refractivity contribution in [1.82, 2.24) is 9.97 Å². The van der Waals surface area contributed by atoms with Crippen LogP contribution in [-0.4, -0.2) is 14.9 Å². The van der Waals surface area contributed by atoms with Gasteiger partial charge in [0.2, 0.25) is 0 Å². The molecule has 0 N–H and O–H groups in total. The molecule has 0 aliphatic heterocycles. The van der Waals surface area contributed by atoms with Gasteiger partial charge in [-0.2, -0.15) is 0 Å². The lowest BCUT2D eigenvalue weighted by molar-refractivity contribution is -0.385. The van der Waals surface area contributed by atoms with Crippen LogP contribution in [0.15, 0.2) is 17.8 Å². The zero-order chi connectivity index (χ0) is 8.55. The van der Waals surface area contributed by atoms with Crippen molar-refractivity contribution in [1.29, 1.82) is 0 Å². The Labute approximate surface area is 70.8 Å². The summed E-state index contributed by atoms with van der Waals surface area (Å²) in [5.41, 5.74) is 2.18. The Morgan fingerprint density at radius 1 is 1.50 bits per heavy atom. The van der Waals surface area contributed by atoms with Crippen molar-refractivity contribution < 1.29 is 4.92 Å². The Kier molecular flexibility index (Phi) is 1.47. The molecule has 0 aliphatic rings. The minimum atomic E-state index is -0.466. The molecule has 5 nitrogen and oxygen atoms in total. The van der Waals surface area contributed by atoms with E-state index in [0.717, 1.165) is 4.70 Å². The largest absolute Gasteiger partial charge is 0.289 e. The van der Waals surface area contributed by atoms with Crippen LogP contribution in [0.2, 0.25) is 0 Å². The first-order chi connectivity index (χ1) is 5.77. The summed E-state index contributed by atoms with van der Waals surface area (Å²) in [5, 5.41) is 10.3. The molecule has 0 aromatic carbocycles. The second kappa shape index (κ2) is 2.49. The van der Waals surface area contributed by atoms with E-state index >= 15 is 0 Å². The number of nitro groups is 1. The van der Waals surface area contributed by atoms with E-state index in [1.807, 2.05) is 0 Å². The molecule has 0 saturated carbocycles. The minimum Gasteiger partial charge on any atom is -0.258 e. The van der Waals surface area contributed by atoms with Crippen LogP contribution < -0.4 is 0 Å². The van der Waals surface area contributed by atoms with E-state index in [-0.39, 0.29) is 5.69 Å². The molecule has 2 heterocycles. The number of fused-ring (bicyclic) bond motifs is 1. The van der Waals surface area contributed by atoms with Gasteiger partial charge in [-0.05, 0) is 0 Å². The molecular weight excluding hydrogens is 178 g/mol. The molecule has 2 aromatic heterocycles. The van der Waals surface area contributed by atoms with Crippen molar-refractivity contribution in [3.8, 4) is 0 Å². The summed E-state index contributed by atoms with van der Waals surface area (Å²) in [6.45, 7) is 0. The molecule has 0 aliphatic carbocycles. The average molecular weight is 181 g/mol. The molecule has 2 aromatic rings. The number of hydrogen-bond acceptors (Lipinski definition) is 5. The lowest BCUT2D eigenvalue weighted by atomic mass is 10.4. The van der Waals surface area contributed by atoms with Crippen molar-refractivity contribution in [2.24, 2.45) is 0 Å². The molecule has 0 spiro atoms. The number of pyridine rings is 1. The van der Waals surface area contributed by atoms with E-state index in [1.165, 1.54) is 23.6 Å². The summed E-state index contributed by atoms with van der Waals surface area (Å²) in [6, 6.07) is 1.47. The first kappa shape index (κ1) is 7.11. The summed E-state index contributed by atoms with van der Waals surface area (Å²) in [5.74, 6) is 0. The standard InChI is InChI=1S/C6H3N3O2S/c10-9(11)4-1-5-6(7-2-4)8-3-12-5/h1-3H. The van der Waals surface area contributed by atoms with Crippen LogP contribution >= 0.6 is 11.3 Å². The lowest BCUT2D eigenvalue weighted by Gasteiger charge is -1.88. The molecule has 12 heavy (non-hydrogen) atoms. The van der Waals surface area contributed by atoms with E-state index in [0.29, 0.717) is 5.65 Å². The Morgan fingerprint density at radius 3 is 3.08 bits per heavy atom. The maximum absolute atomic E-state index is 10.3. The third-order valence-corrected chi connectivity index (χ3v) is 2.15. The van der Waals surface area contributed by atoms with Crippen molar-refractivity contribution in [3.05, 3.63) is 27.9 Å². The highest BCUT2D eigenvalue weighted by Crippen LogP contribution is 2.20. The number of aromatic nitrogens is 2. The van der Waals surface area contributed by atoms with Crippen molar-refractivity contribution >= 4 is 27.4 Å². The maximum atomic E-state index is 10.3.